The summed E-state index contributed by atoms with van der Waals surface area (Å²) in [5.74, 6) is 0.330. The van der Waals surface area contributed by atoms with E-state index in [1.807, 2.05) is 0 Å². The maximum atomic E-state index is 10.3. The predicted octanol–water partition coefficient (Wildman–Crippen LogP) is 1.32. The van der Waals surface area contributed by atoms with Gasteiger partial charge in [0.2, 0.25) is 0 Å². The van der Waals surface area contributed by atoms with Crippen molar-refractivity contribution in [2.75, 3.05) is 6.61 Å². The minimum Gasteiger partial charge on any atom is -0.515 e. The largest absolute Gasteiger partial charge is 0.515 e. The lowest BCUT2D eigenvalue weighted by atomic mass is 10.0. The van der Waals surface area contributed by atoms with Gasteiger partial charge in [0.15, 0.2) is 12.0 Å². The third kappa shape index (κ3) is 1.42. The summed E-state index contributed by atoms with van der Waals surface area (Å²) in [6.07, 6.45) is 2.36. The van der Waals surface area contributed by atoms with Crippen molar-refractivity contribution < 1.29 is 14.6 Å². The number of hydrogen-bond donors (Lipinski definition) is 1. The summed E-state index contributed by atoms with van der Waals surface area (Å²) >= 11 is 0. The minimum absolute atomic E-state index is 0.330. The molecule has 0 spiro atoms. The Bertz CT molecular complexity index is 225. The molecule has 0 bridgehead atoms. The fourth-order valence-electron chi connectivity index (χ4n) is 1.01. The first-order valence-corrected chi connectivity index (χ1v) is 3.42. The van der Waals surface area contributed by atoms with E-state index in [1.54, 1.807) is 6.92 Å². The van der Waals surface area contributed by atoms with Gasteiger partial charge in [0.1, 0.15) is 0 Å². The van der Waals surface area contributed by atoms with Gasteiger partial charge in [-0.15, -0.1) is 0 Å². The van der Waals surface area contributed by atoms with Crippen LogP contribution in [0.15, 0.2) is 23.2 Å². The first-order valence-electron chi connectivity index (χ1n) is 3.42. The summed E-state index contributed by atoms with van der Waals surface area (Å²) in [7, 11) is 0. The second-order valence-corrected chi connectivity index (χ2v) is 2.36. The summed E-state index contributed by atoms with van der Waals surface area (Å²) in [5.41, 5.74) is 1.51. The van der Waals surface area contributed by atoms with Crippen molar-refractivity contribution in [2.24, 2.45) is 0 Å². The van der Waals surface area contributed by atoms with Crippen LogP contribution in [0, 0.1) is 0 Å². The van der Waals surface area contributed by atoms with Crippen molar-refractivity contribution in [1.29, 1.82) is 0 Å². The molecule has 0 aromatic carbocycles. The molecule has 1 rings (SSSR count). The van der Waals surface area contributed by atoms with Crippen LogP contribution in [-0.4, -0.2) is 18.0 Å². The number of carbonyl (C=O) groups excluding carboxylic acids is 1. The maximum absolute atomic E-state index is 10.3. The topological polar surface area (TPSA) is 46.5 Å². The quantitative estimate of drug-likeness (QED) is 0.457. The number of aliphatic hydroxyl groups is 1. The summed E-state index contributed by atoms with van der Waals surface area (Å²) < 4.78 is 5.03. The Morgan fingerprint density at radius 3 is 2.91 bits per heavy atom. The van der Waals surface area contributed by atoms with E-state index < -0.39 is 0 Å². The smallest absolute Gasteiger partial charge is 0.184 e. The standard InChI is InChI=1S/C8H10O3/c1-6-7(4-9)2-3-11-8(6)5-10/h4-5,9H,2-3H2,1H3/b7-4+. The zero-order valence-electron chi connectivity index (χ0n) is 6.33. The Labute approximate surface area is 65.0 Å². The van der Waals surface area contributed by atoms with Crippen LogP contribution in [0.1, 0.15) is 13.3 Å². The number of aliphatic hydroxyl groups excluding tert-OH is 1. The van der Waals surface area contributed by atoms with Crippen molar-refractivity contribution in [3.05, 3.63) is 23.2 Å². The molecule has 0 radical (unpaired) electrons. The fourth-order valence-corrected chi connectivity index (χ4v) is 1.01. The first kappa shape index (κ1) is 7.85. The van der Waals surface area contributed by atoms with E-state index in [9.17, 15) is 4.79 Å². The van der Waals surface area contributed by atoms with Gasteiger partial charge in [-0.25, -0.2) is 0 Å². The molecule has 0 aliphatic carbocycles. The molecule has 3 nitrogen and oxygen atoms in total. The number of aldehydes is 1. The van der Waals surface area contributed by atoms with Crippen LogP contribution >= 0.6 is 0 Å². The van der Waals surface area contributed by atoms with Crippen molar-refractivity contribution in [1.82, 2.24) is 0 Å². The average Bonchev–Trinajstić information content (AvgIpc) is 2.05. The highest BCUT2D eigenvalue weighted by molar-refractivity contribution is 5.73. The third-order valence-corrected chi connectivity index (χ3v) is 1.74. The molecular weight excluding hydrogens is 144 g/mol. The molecule has 11 heavy (non-hydrogen) atoms. The molecule has 1 aliphatic heterocycles. The van der Waals surface area contributed by atoms with Crippen molar-refractivity contribution in [3.8, 4) is 0 Å². The van der Waals surface area contributed by atoms with Crippen LogP contribution in [0.2, 0.25) is 0 Å². The van der Waals surface area contributed by atoms with Gasteiger partial charge in [0.25, 0.3) is 0 Å². The van der Waals surface area contributed by atoms with Gasteiger partial charge < -0.3 is 9.84 Å². The lowest BCUT2D eigenvalue weighted by molar-refractivity contribution is -0.108. The fraction of sp³-hybridized carbons (Fsp3) is 0.375. The summed E-state index contributed by atoms with van der Waals surface area (Å²) in [5, 5.41) is 8.71. The van der Waals surface area contributed by atoms with E-state index in [1.165, 1.54) is 0 Å². The second-order valence-electron chi connectivity index (χ2n) is 2.36. The van der Waals surface area contributed by atoms with Gasteiger partial charge in [-0.3, -0.25) is 4.79 Å². The van der Waals surface area contributed by atoms with Gasteiger partial charge >= 0.3 is 0 Å². The Morgan fingerprint density at radius 2 is 2.36 bits per heavy atom. The van der Waals surface area contributed by atoms with Crippen LogP contribution < -0.4 is 0 Å². The van der Waals surface area contributed by atoms with Crippen LogP contribution in [0.5, 0.6) is 0 Å². The van der Waals surface area contributed by atoms with Gasteiger partial charge in [-0.2, -0.15) is 0 Å². The summed E-state index contributed by atoms with van der Waals surface area (Å²) in [4.78, 5) is 10.3. The molecule has 0 atom stereocenters. The molecule has 0 saturated heterocycles. The zero-order chi connectivity index (χ0) is 8.27. The van der Waals surface area contributed by atoms with Gasteiger partial charge in [0.05, 0.1) is 12.9 Å². The van der Waals surface area contributed by atoms with Crippen LogP contribution in [0.4, 0.5) is 0 Å². The highest BCUT2D eigenvalue weighted by atomic mass is 16.5. The van der Waals surface area contributed by atoms with Crippen LogP contribution in [0.3, 0.4) is 0 Å². The molecule has 0 unspecified atom stereocenters. The summed E-state index contributed by atoms with van der Waals surface area (Å²) in [6, 6.07) is 0. The van der Waals surface area contributed by atoms with E-state index in [4.69, 9.17) is 9.84 Å². The SMILES string of the molecule is CC1=C(C=O)OCC/C1=C\O. The number of ether oxygens (including phenoxy) is 1. The lowest BCUT2D eigenvalue weighted by Crippen LogP contribution is -2.08. The molecule has 60 valence electrons. The predicted molar refractivity (Wildman–Crippen MR) is 40.0 cm³/mol. The maximum Gasteiger partial charge on any atom is 0.184 e. The Hall–Kier alpha value is -1.25. The molecule has 0 aromatic heterocycles. The Morgan fingerprint density at radius 1 is 1.64 bits per heavy atom. The normalized spacial score (nSPS) is 21.7. The third-order valence-electron chi connectivity index (χ3n) is 1.74. The highest BCUT2D eigenvalue weighted by Gasteiger charge is 2.13. The number of carbonyl (C=O) groups is 1. The monoisotopic (exact) mass is 154 g/mol. The molecule has 1 N–H and O–H groups in total. The average molecular weight is 154 g/mol. The Balaban J connectivity index is 2.97. The van der Waals surface area contributed by atoms with Gasteiger partial charge in [-0.05, 0) is 12.5 Å². The van der Waals surface area contributed by atoms with Crippen LogP contribution in [0.25, 0.3) is 0 Å². The van der Waals surface area contributed by atoms with Crippen molar-refractivity contribution in [2.45, 2.75) is 13.3 Å². The molecule has 0 saturated carbocycles. The number of rotatable bonds is 1. The van der Waals surface area contributed by atoms with Crippen molar-refractivity contribution >= 4 is 6.29 Å². The second kappa shape index (κ2) is 3.23. The van der Waals surface area contributed by atoms with Gasteiger partial charge in [0, 0.05) is 12.0 Å². The van der Waals surface area contributed by atoms with E-state index >= 15 is 0 Å². The molecular formula is C8H10O3. The molecule has 0 fully saturated rings. The van der Waals surface area contributed by atoms with Crippen molar-refractivity contribution in [3.63, 3.8) is 0 Å². The first-order chi connectivity index (χ1) is 5.29. The van der Waals surface area contributed by atoms with E-state index in [0.29, 0.717) is 25.1 Å². The molecule has 1 heterocycles. The Kier molecular flexibility index (Phi) is 2.31. The van der Waals surface area contributed by atoms with Crippen LogP contribution in [-0.2, 0) is 9.53 Å². The molecule has 1 aliphatic rings. The van der Waals surface area contributed by atoms with E-state index in [-0.39, 0.29) is 0 Å². The summed E-state index contributed by atoms with van der Waals surface area (Å²) in [6.45, 7) is 2.22. The van der Waals surface area contributed by atoms with Gasteiger partial charge in [-0.1, -0.05) is 0 Å². The molecule has 0 aromatic rings. The molecule has 3 heteroatoms. The van der Waals surface area contributed by atoms with E-state index in [2.05, 4.69) is 0 Å². The lowest BCUT2D eigenvalue weighted by Gasteiger charge is -2.16. The number of hydrogen-bond acceptors (Lipinski definition) is 3. The highest BCUT2D eigenvalue weighted by Crippen LogP contribution is 2.22. The number of allylic oxidation sites excluding steroid dienone is 2. The minimum atomic E-state index is 0.330. The van der Waals surface area contributed by atoms with E-state index in [0.717, 1.165) is 17.4 Å². The zero-order valence-corrected chi connectivity index (χ0v) is 6.33. The molecule has 0 amide bonds.